The highest BCUT2D eigenvalue weighted by Crippen LogP contribution is 2.24. The monoisotopic (exact) mass is 249 g/mol. The molecule has 1 aromatic carbocycles. The second-order valence-corrected chi connectivity index (χ2v) is 4.94. The van der Waals surface area contributed by atoms with Gasteiger partial charge in [-0.1, -0.05) is 19.3 Å². The second kappa shape index (κ2) is 6.50. The molecule has 0 aliphatic heterocycles. The molecule has 0 aromatic heterocycles. The number of nitro groups is 1. The van der Waals surface area contributed by atoms with Crippen LogP contribution in [0.3, 0.4) is 0 Å². The van der Waals surface area contributed by atoms with Crippen LogP contribution in [0, 0.1) is 16.0 Å². The molecule has 18 heavy (non-hydrogen) atoms. The smallest absolute Gasteiger partial charge is 0.269 e. The number of nitrogens with zero attached hydrogens (tertiary/aromatic N) is 1. The van der Waals surface area contributed by atoms with Crippen molar-refractivity contribution < 1.29 is 9.66 Å². The maximum Gasteiger partial charge on any atom is 0.269 e. The van der Waals surface area contributed by atoms with Gasteiger partial charge < -0.3 is 4.74 Å². The number of nitro benzene ring substituents is 1. The third-order valence-electron chi connectivity index (χ3n) is 3.49. The lowest BCUT2D eigenvalue weighted by atomic mass is 9.90. The van der Waals surface area contributed by atoms with E-state index in [4.69, 9.17) is 4.74 Å². The summed E-state index contributed by atoms with van der Waals surface area (Å²) < 4.78 is 5.69. The first-order valence-electron chi connectivity index (χ1n) is 6.57. The van der Waals surface area contributed by atoms with Crippen LogP contribution >= 0.6 is 0 Å². The minimum absolute atomic E-state index is 0.131. The number of rotatable bonds is 5. The van der Waals surface area contributed by atoms with Crippen molar-refractivity contribution in [3.8, 4) is 0 Å². The van der Waals surface area contributed by atoms with E-state index in [0.29, 0.717) is 12.5 Å². The van der Waals surface area contributed by atoms with Crippen LogP contribution in [0.5, 0.6) is 0 Å². The lowest BCUT2D eigenvalue weighted by molar-refractivity contribution is -0.384. The van der Waals surface area contributed by atoms with E-state index in [1.165, 1.54) is 44.2 Å². The third-order valence-corrected chi connectivity index (χ3v) is 3.49. The maximum atomic E-state index is 10.5. The molecule has 4 nitrogen and oxygen atoms in total. The topological polar surface area (TPSA) is 52.4 Å². The van der Waals surface area contributed by atoms with E-state index in [0.717, 1.165) is 12.2 Å². The Kier molecular flexibility index (Phi) is 4.70. The SMILES string of the molecule is O=[N+]([O-])c1ccc(COCC2CCCCC2)cc1. The highest BCUT2D eigenvalue weighted by molar-refractivity contribution is 5.32. The number of hydrogen-bond acceptors (Lipinski definition) is 3. The molecule has 98 valence electrons. The molecule has 2 rings (SSSR count). The number of ether oxygens (including phenoxy) is 1. The molecule has 1 saturated carbocycles. The lowest BCUT2D eigenvalue weighted by Gasteiger charge is -2.21. The second-order valence-electron chi connectivity index (χ2n) is 4.94. The molecular weight excluding hydrogens is 230 g/mol. The predicted octanol–water partition coefficient (Wildman–Crippen LogP) is 3.69. The summed E-state index contributed by atoms with van der Waals surface area (Å²) in [5.41, 5.74) is 1.13. The molecule has 0 bridgehead atoms. The quantitative estimate of drug-likeness (QED) is 0.590. The zero-order chi connectivity index (χ0) is 12.8. The van der Waals surface area contributed by atoms with E-state index in [-0.39, 0.29) is 10.6 Å². The van der Waals surface area contributed by atoms with Crippen LogP contribution in [0.25, 0.3) is 0 Å². The number of non-ortho nitro benzene ring substituents is 1. The van der Waals surface area contributed by atoms with Crippen molar-refractivity contribution in [2.75, 3.05) is 6.61 Å². The van der Waals surface area contributed by atoms with Crippen LogP contribution in [0.1, 0.15) is 37.7 Å². The fourth-order valence-electron chi connectivity index (χ4n) is 2.41. The van der Waals surface area contributed by atoms with Gasteiger partial charge in [-0.05, 0) is 36.5 Å². The first-order valence-corrected chi connectivity index (χ1v) is 6.57. The van der Waals surface area contributed by atoms with Crippen molar-refractivity contribution in [1.29, 1.82) is 0 Å². The molecule has 4 heteroatoms. The Morgan fingerprint density at radius 2 is 1.83 bits per heavy atom. The number of hydrogen-bond donors (Lipinski definition) is 0. The zero-order valence-corrected chi connectivity index (χ0v) is 10.5. The maximum absolute atomic E-state index is 10.5. The van der Waals surface area contributed by atoms with Gasteiger partial charge >= 0.3 is 0 Å². The molecule has 1 fully saturated rings. The highest BCUT2D eigenvalue weighted by atomic mass is 16.6. The van der Waals surface area contributed by atoms with Crippen molar-refractivity contribution in [3.63, 3.8) is 0 Å². The molecule has 0 spiro atoms. The van der Waals surface area contributed by atoms with Crippen LogP contribution in [0.2, 0.25) is 0 Å². The van der Waals surface area contributed by atoms with Gasteiger partial charge in [-0.15, -0.1) is 0 Å². The zero-order valence-electron chi connectivity index (χ0n) is 10.5. The molecule has 1 aliphatic carbocycles. The van der Waals surface area contributed by atoms with Gasteiger partial charge in [0.05, 0.1) is 11.5 Å². The fourth-order valence-corrected chi connectivity index (χ4v) is 2.41. The Labute approximate surface area is 107 Å². The first kappa shape index (κ1) is 13.0. The largest absolute Gasteiger partial charge is 0.376 e. The summed E-state index contributed by atoms with van der Waals surface area (Å²) in [6, 6.07) is 6.58. The summed E-state index contributed by atoms with van der Waals surface area (Å²) in [5.74, 6) is 0.705. The van der Waals surface area contributed by atoms with E-state index < -0.39 is 0 Å². The molecule has 0 heterocycles. The Hall–Kier alpha value is -1.42. The van der Waals surface area contributed by atoms with Gasteiger partial charge in [-0.2, -0.15) is 0 Å². The normalized spacial score (nSPS) is 16.7. The van der Waals surface area contributed by atoms with Crippen LogP contribution < -0.4 is 0 Å². The first-order chi connectivity index (χ1) is 8.75. The summed E-state index contributed by atoms with van der Waals surface area (Å²) in [6.07, 6.45) is 6.57. The van der Waals surface area contributed by atoms with Crippen LogP contribution in [0.4, 0.5) is 5.69 Å². The van der Waals surface area contributed by atoms with E-state index in [1.54, 1.807) is 12.1 Å². The standard InChI is InChI=1S/C14H19NO3/c16-15(17)14-8-6-13(7-9-14)11-18-10-12-4-2-1-3-5-12/h6-9,12H,1-5,10-11H2. The minimum Gasteiger partial charge on any atom is -0.376 e. The molecule has 0 amide bonds. The van der Waals surface area contributed by atoms with Gasteiger partial charge in [0.2, 0.25) is 0 Å². The Balaban J connectivity index is 1.74. The van der Waals surface area contributed by atoms with Gasteiger partial charge in [-0.25, -0.2) is 0 Å². The van der Waals surface area contributed by atoms with Crippen LogP contribution in [-0.2, 0) is 11.3 Å². The predicted molar refractivity (Wildman–Crippen MR) is 69.3 cm³/mol. The average Bonchev–Trinajstić information content (AvgIpc) is 2.40. The minimum atomic E-state index is -0.382. The van der Waals surface area contributed by atoms with E-state index in [9.17, 15) is 10.1 Å². The van der Waals surface area contributed by atoms with E-state index in [1.807, 2.05) is 0 Å². The van der Waals surface area contributed by atoms with Crippen LogP contribution in [0.15, 0.2) is 24.3 Å². The van der Waals surface area contributed by atoms with Crippen molar-refractivity contribution in [2.45, 2.75) is 38.7 Å². The van der Waals surface area contributed by atoms with Gasteiger partial charge in [-0.3, -0.25) is 10.1 Å². The third kappa shape index (κ3) is 3.81. The summed E-state index contributed by atoms with van der Waals surface area (Å²) in [7, 11) is 0. The number of benzene rings is 1. The van der Waals surface area contributed by atoms with E-state index >= 15 is 0 Å². The molecule has 0 unspecified atom stereocenters. The van der Waals surface area contributed by atoms with Crippen molar-refractivity contribution in [1.82, 2.24) is 0 Å². The summed E-state index contributed by atoms with van der Waals surface area (Å²) in [4.78, 5) is 10.1. The van der Waals surface area contributed by atoms with Crippen molar-refractivity contribution >= 4 is 5.69 Å². The Morgan fingerprint density at radius 1 is 1.17 bits per heavy atom. The summed E-state index contributed by atoms with van der Waals surface area (Å²) in [6.45, 7) is 1.37. The Bertz CT molecular complexity index is 383. The van der Waals surface area contributed by atoms with Crippen molar-refractivity contribution in [3.05, 3.63) is 39.9 Å². The van der Waals surface area contributed by atoms with Gasteiger partial charge in [0.1, 0.15) is 0 Å². The molecule has 1 aromatic rings. The summed E-state index contributed by atoms with van der Waals surface area (Å²) >= 11 is 0. The highest BCUT2D eigenvalue weighted by Gasteiger charge is 2.13. The lowest BCUT2D eigenvalue weighted by Crippen LogP contribution is -2.13. The molecule has 0 N–H and O–H groups in total. The molecule has 1 aliphatic rings. The molecule has 0 radical (unpaired) electrons. The van der Waals surface area contributed by atoms with Gasteiger partial charge in [0.15, 0.2) is 0 Å². The fraction of sp³-hybridized carbons (Fsp3) is 0.571. The van der Waals surface area contributed by atoms with Gasteiger partial charge in [0.25, 0.3) is 5.69 Å². The summed E-state index contributed by atoms with van der Waals surface area (Å²) in [5, 5.41) is 10.5. The van der Waals surface area contributed by atoms with Crippen LogP contribution in [-0.4, -0.2) is 11.5 Å². The molecule has 0 saturated heterocycles. The Morgan fingerprint density at radius 3 is 2.44 bits per heavy atom. The average molecular weight is 249 g/mol. The molecule has 0 atom stereocenters. The van der Waals surface area contributed by atoms with Gasteiger partial charge in [0, 0.05) is 18.7 Å². The van der Waals surface area contributed by atoms with Crippen molar-refractivity contribution in [2.24, 2.45) is 5.92 Å². The van der Waals surface area contributed by atoms with E-state index in [2.05, 4.69) is 0 Å². The molecular formula is C14H19NO3.